The fourth-order valence-electron chi connectivity index (χ4n) is 2.58. The highest BCUT2D eigenvalue weighted by molar-refractivity contribution is 7.13. The molecule has 3 aromatic heterocycles. The number of hydrogen-bond acceptors (Lipinski definition) is 7. The summed E-state index contributed by atoms with van der Waals surface area (Å²) in [7, 11) is 0. The van der Waals surface area contributed by atoms with E-state index in [9.17, 15) is 4.79 Å². The van der Waals surface area contributed by atoms with Gasteiger partial charge in [-0.3, -0.25) is 9.78 Å². The molecule has 3 rings (SSSR count). The molecule has 1 atom stereocenters. The highest BCUT2D eigenvalue weighted by atomic mass is 32.1. The number of nitrogens with zero attached hydrogens (tertiary/aromatic N) is 4. The van der Waals surface area contributed by atoms with Crippen LogP contribution in [0.1, 0.15) is 65.9 Å². The van der Waals surface area contributed by atoms with E-state index in [-0.39, 0.29) is 23.8 Å². The van der Waals surface area contributed by atoms with E-state index in [2.05, 4.69) is 39.3 Å². The minimum atomic E-state index is -0.385. The van der Waals surface area contributed by atoms with E-state index in [0.29, 0.717) is 16.6 Å². The largest absolute Gasteiger partial charge is 0.339 e. The smallest absolute Gasteiger partial charge is 0.263 e. The van der Waals surface area contributed by atoms with Gasteiger partial charge in [0, 0.05) is 23.9 Å². The fraction of sp³-hybridized carbons (Fsp3) is 0.421. The van der Waals surface area contributed by atoms with Gasteiger partial charge < -0.3 is 9.84 Å². The Morgan fingerprint density at radius 2 is 1.85 bits per heavy atom. The maximum Gasteiger partial charge on any atom is 0.263 e. The molecule has 0 saturated heterocycles. The van der Waals surface area contributed by atoms with Crippen molar-refractivity contribution in [1.29, 1.82) is 0 Å². The summed E-state index contributed by atoms with van der Waals surface area (Å²) in [5.41, 5.74) is 1.56. The van der Waals surface area contributed by atoms with Gasteiger partial charge >= 0.3 is 0 Å². The summed E-state index contributed by atoms with van der Waals surface area (Å²) in [6.45, 7) is 9.99. The Morgan fingerprint density at radius 1 is 1.15 bits per heavy atom. The van der Waals surface area contributed by atoms with Gasteiger partial charge in [-0.2, -0.15) is 4.98 Å². The van der Waals surface area contributed by atoms with Gasteiger partial charge in [-0.25, -0.2) is 4.98 Å². The van der Waals surface area contributed by atoms with E-state index < -0.39 is 0 Å². The molecule has 8 heteroatoms. The molecule has 27 heavy (non-hydrogen) atoms. The van der Waals surface area contributed by atoms with Crippen LogP contribution in [0.4, 0.5) is 0 Å². The molecule has 0 aliphatic rings. The molecule has 3 aromatic rings. The fourth-order valence-corrected chi connectivity index (χ4v) is 3.55. The van der Waals surface area contributed by atoms with Crippen LogP contribution >= 0.6 is 11.3 Å². The number of carbonyl (C=O) groups is 1. The Bertz CT molecular complexity index is 917. The lowest BCUT2D eigenvalue weighted by Gasteiger charge is -2.18. The summed E-state index contributed by atoms with van der Waals surface area (Å²) < 4.78 is 5.44. The molecule has 0 spiro atoms. The lowest BCUT2D eigenvalue weighted by molar-refractivity contribution is 0.0917. The molecular formula is C19H23N5O2S. The van der Waals surface area contributed by atoms with Gasteiger partial charge in [0.05, 0.1) is 10.7 Å². The molecule has 1 unspecified atom stereocenters. The lowest BCUT2D eigenvalue weighted by atomic mass is 10.0. The quantitative estimate of drug-likeness (QED) is 0.685. The second-order valence-corrected chi connectivity index (χ2v) is 8.04. The molecule has 1 N–H and O–H groups in total. The first-order valence-electron chi connectivity index (χ1n) is 8.89. The van der Waals surface area contributed by atoms with Crippen LogP contribution in [-0.2, 0) is 0 Å². The van der Waals surface area contributed by atoms with E-state index in [1.54, 1.807) is 12.4 Å². The standard InChI is InChI=1S/C19H23N5O2S/c1-10(2)14(18-23-16(24-26-18)13-6-8-20-9-7-13)22-17(25)15-12(5)21-19(27-15)11(3)4/h6-11,14H,1-5H3,(H,22,25). The second kappa shape index (κ2) is 7.96. The Hall–Kier alpha value is -2.61. The van der Waals surface area contributed by atoms with Gasteiger partial charge in [0.1, 0.15) is 10.9 Å². The van der Waals surface area contributed by atoms with Gasteiger partial charge in [-0.1, -0.05) is 32.9 Å². The predicted octanol–water partition coefficient (Wildman–Crippen LogP) is 4.15. The number of rotatable bonds is 6. The molecule has 0 aliphatic heterocycles. The highest BCUT2D eigenvalue weighted by Gasteiger charge is 2.27. The number of thiazole rings is 1. The number of hydrogen-bond donors (Lipinski definition) is 1. The zero-order chi connectivity index (χ0) is 19.6. The van der Waals surface area contributed by atoms with Crippen LogP contribution in [0.2, 0.25) is 0 Å². The van der Waals surface area contributed by atoms with Crippen LogP contribution in [0, 0.1) is 12.8 Å². The van der Waals surface area contributed by atoms with Crippen LogP contribution < -0.4 is 5.32 Å². The average Bonchev–Trinajstić information content (AvgIpc) is 3.27. The molecule has 0 radical (unpaired) electrons. The van der Waals surface area contributed by atoms with Crippen molar-refractivity contribution in [2.75, 3.05) is 0 Å². The van der Waals surface area contributed by atoms with Crippen molar-refractivity contribution in [3.05, 3.63) is 46.0 Å². The van der Waals surface area contributed by atoms with E-state index >= 15 is 0 Å². The Morgan fingerprint density at radius 3 is 2.44 bits per heavy atom. The molecule has 0 aromatic carbocycles. The van der Waals surface area contributed by atoms with Crippen molar-refractivity contribution < 1.29 is 9.32 Å². The topological polar surface area (TPSA) is 93.8 Å². The monoisotopic (exact) mass is 385 g/mol. The van der Waals surface area contributed by atoms with Crippen molar-refractivity contribution in [2.24, 2.45) is 5.92 Å². The minimum absolute atomic E-state index is 0.0810. The van der Waals surface area contributed by atoms with Crippen LogP contribution in [0.3, 0.4) is 0 Å². The third kappa shape index (κ3) is 4.21. The number of aromatic nitrogens is 4. The minimum Gasteiger partial charge on any atom is -0.339 e. The molecule has 0 aliphatic carbocycles. The first-order valence-corrected chi connectivity index (χ1v) is 9.70. The van der Waals surface area contributed by atoms with E-state index in [1.807, 2.05) is 32.9 Å². The van der Waals surface area contributed by atoms with Crippen molar-refractivity contribution in [3.8, 4) is 11.4 Å². The SMILES string of the molecule is Cc1nc(C(C)C)sc1C(=O)NC(c1nc(-c2ccncc2)no1)C(C)C. The Labute approximate surface area is 162 Å². The van der Waals surface area contributed by atoms with Crippen LogP contribution in [0.25, 0.3) is 11.4 Å². The second-order valence-electron chi connectivity index (χ2n) is 7.01. The van der Waals surface area contributed by atoms with Gasteiger partial charge in [0.15, 0.2) is 0 Å². The highest BCUT2D eigenvalue weighted by Crippen LogP contribution is 2.27. The summed E-state index contributed by atoms with van der Waals surface area (Å²) in [5, 5.41) is 8.02. The average molecular weight is 385 g/mol. The third-order valence-corrected chi connectivity index (χ3v) is 5.57. The third-order valence-electron chi connectivity index (χ3n) is 4.11. The summed E-state index contributed by atoms with van der Waals surface area (Å²) in [4.78, 5) is 26.4. The zero-order valence-electron chi connectivity index (χ0n) is 16.1. The molecule has 1 amide bonds. The van der Waals surface area contributed by atoms with Gasteiger partial charge in [-0.15, -0.1) is 11.3 Å². The molecule has 0 bridgehead atoms. The van der Waals surface area contributed by atoms with E-state index in [0.717, 1.165) is 16.3 Å². The van der Waals surface area contributed by atoms with E-state index in [4.69, 9.17) is 4.52 Å². The molecule has 142 valence electrons. The molecule has 0 saturated carbocycles. The Kier molecular flexibility index (Phi) is 5.65. The summed E-state index contributed by atoms with van der Waals surface area (Å²) in [6.07, 6.45) is 3.35. The summed E-state index contributed by atoms with van der Waals surface area (Å²) in [5.74, 6) is 1.06. The number of amides is 1. The van der Waals surface area contributed by atoms with Crippen LogP contribution in [0.15, 0.2) is 29.0 Å². The number of carbonyl (C=O) groups excluding carboxylic acids is 1. The van der Waals surface area contributed by atoms with Crippen LogP contribution in [0.5, 0.6) is 0 Å². The summed E-state index contributed by atoms with van der Waals surface area (Å²) >= 11 is 1.43. The first kappa shape index (κ1) is 19.2. The molecule has 7 nitrogen and oxygen atoms in total. The molecular weight excluding hydrogens is 362 g/mol. The van der Waals surface area contributed by atoms with Crippen molar-refractivity contribution >= 4 is 17.2 Å². The van der Waals surface area contributed by atoms with Gasteiger partial charge in [0.25, 0.3) is 5.91 Å². The van der Waals surface area contributed by atoms with Crippen molar-refractivity contribution in [3.63, 3.8) is 0 Å². The maximum absolute atomic E-state index is 12.8. The Balaban J connectivity index is 1.83. The number of nitrogens with one attached hydrogen (secondary N) is 1. The maximum atomic E-state index is 12.8. The zero-order valence-corrected chi connectivity index (χ0v) is 16.9. The number of aryl methyl sites for hydroxylation is 1. The van der Waals surface area contributed by atoms with Gasteiger partial charge in [0.2, 0.25) is 11.7 Å². The lowest BCUT2D eigenvalue weighted by Crippen LogP contribution is -2.32. The summed E-state index contributed by atoms with van der Waals surface area (Å²) in [6, 6.07) is 3.24. The number of pyridine rings is 1. The van der Waals surface area contributed by atoms with Gasteiger partial charge in [-0.05, 0) is 25.0 Å². The molecule has 0 fully saturated rings. The first-order chi connectivity index (χ1) is 12.9. The predicted molar refractivity (Wildman–Crippen MR) is 104 cm³/mol. The van der Waals surface area contributed by atoms with Crippen molar-refractivity contribution in [1.82, 2.24) is 25.4 Å². The van der Waals surface area contributed by atoms with Crippen LogP contribution in [-0.4, -0.2) is 26.0 Å². The molecule has 3 heterocycles. The van der Waals surface area contributed by atoms with Crippen molar-refractivity contribution in [2.45, 2.75) is 46.6 Å². The van der Waals surface area contributed by atoms with E-state index in [1.165, 1.54) is 11.3 Å². The normalized spacial score (nSPS) is 12.6.